The first-order chi connectivity index (χ1) is 17.0. The molecule has 0 aromatic carbocycles. The molecule has 4 rings (SSSR count). The van der Waals surface area contributed by atoms with Gasteiger partial charge in [-0.2, -0.15) is 0 Å². The highest BCUT2D eigenvalue weighted by Crippen LogP contribution is 2.71. The van der Waals surface area contributed by atoms with Gasteiger partial charge in [0, 0.05) is 18.4 Å². The lowest BCUT2D eigenvalue weighted by Crippen LogP contribution is -2.54. The largest absolute Gasteiger partial charge is 0.481 e. The Morgan fingerprint density at radius 2 is 1.76 bits per heavy atom. The molecule has 0 radical (unpaired) electrons. The average Bonchev–Trinajstić information content (AvgIpc) is 3.02. The van der Waals surface area contributed by atoms with Crippen LogP contribution in [0, 0.1) is 39.4 Å². The molecule has 6 nitrogen and oxygen atoms in total. The van der Waals surface area contributed by atoms with Crippen molar-refractivity contribution in [3.05, 3.63) is 23.3 Å². The molecular weight excluding hydrogens is 468 g/mol. The van der Waals surface area contributed by atoms with Gasteiger partial charge in [0.15, 0.2) is 0 Å². The van der Waals surface area contributed by atoms with E-state index in [9.17, 15) is 25.2 Å². The van der Waals surface area contributed by atoms with Crippen molar-refractivity contribution in [1.29, 1.82) is 0 Å². The Morgan fingerprint density at radius 1 is 1.11 bits per heavy atom. The second-order valence-electron chi connectivity index (χ2n) is 14.4. The SMILES string of the molecule is COC(C)(C)C(O)CC[C@@H](C(=O)O)[C@H]1[C@H](O)C[C@@]2(C)C3=CC[C@H]4C(C)(C)[C@@H](O)CC[C@]4(C)C3=CC[C@]12C. The van der Waals surface area contributed by atoms with Gasteiger partial charge in [0.2, 0.25) is 0 Å². The van der Waals surface area contributed by atoms with Crippen molar-refractivity contribution in [2.75, 3.05) is 7.11 Å². The number of methoxy groups -OCH3 is 1. The number of rotatable bonds is 7. The van der Waals surface area contributed by atoms with Crippen LogP contribution in [0.15, 0.2) is 23.3 Å². The number of hydrogen-bond acceptors (Lipinski definition) is 5. The van der Waals surface area contributed by atoms with E-state index in [0.29, 0.717) is 18.8 Å². The number of carboxylic acid groups (broad SMARTS) is 1. The lowest BCUT2D eigenvalue weighted by atomic mass is 9.44. The third kappa shape index (κ3) is 4.08. The summed E-state index contributed by atoms with van der Waals surface area (Å²) >= 11 is 0. The fraction of sp³-hybridized carbons (Fsp3) is 0.839. The molecule has 37 heavy (non-hydrogen) atoms. The molecule has 0 amide bonds. The fourth-order valence-electron chi connectivity index (χ4n) is 9.10. The van der Waals surface area contributed by atoms with Crippen molar-refractivity contribution >= 4 is 5.97 Å². The van der Waals surface area contributed by atoms with Crippen LogP contribution in [0.1, 0.15) is 93.4 Å². The van der Waals surface area contributed by atoms with Crippen molar-refractivity contribution < 1.29 is 30.0 Å². The van der Waals surface area contributed by atoms with Crippen molar-refractivity contribution in [1.82, 2.24) is 0 Å². The zero-order chi connectivity index (χ0) is 27.8. The first-order valence-electron chi connectivity index (χ1n) is 14.2. The highest BCUT2D eigenvalue weighted by Gasteiger charge is 2.66. The standard InChI is InChI=1S/C31H50O6/c1-27(2)22-11-10-20-19(29(22,5)15-14-23(27)33)13-16-30(6)25(21(32)17-31(20,30)7)18(26(35)36)9-12-24(34)28(3,4)37-8/h10,13,18,21-25,32-34H,9,11-12,14-17H2,1-8H3,(H,35,36)/t18-,21-,22+,23+,24?,25+,29-,30-,31+/m1/s1. The molecule has 0 aromatic heterocycles. The topological polar surface area (TPSA) is 107 Å². The minimum Gasteiger partial charge on any atom is -0.481 e. The molecule has 1 unspecified atom stereocenters. The van der Waals surface area contributed by atoms with Crippen LogP contribution < -0.4 is 0 Å². The summed E-state index contributed by atoms with van der Waals surface area (Å²) in [6.45, 7) is 14.8. The third-order valence-corrected chi connectivity index (χ3v) is 12.1. The van der Waals surface area contributed by atoms with Gasteiger partial charge in [-0.3, -0.25) is 4.79 Å². The highest BCUT2D eigenvalue weighted by atomic mass is 16.5. The number of carboxylic acids is 1. The molecule has 4 aliphatic rings. The summed E-state index contributed by atoms with van der Waals surface area (Å²) in [6.07, 6.45) is 7.33. The number of hydrogen-bond donors (Lipinski definition) is 4. The maximum atomic E-state index is 12.6. The van der Waals surface area contributed by atoms with E-state index in [2.05, 4.69) is 46.8 Å². The number of fused-ring (bicyclic) bond motifs is 5. The monoisotopic (exact) mass is 518 g/mol. The normalized spacial score (nSPS) is 42.6. The van der Waals surface area contributed by atoms with Crippen LogP contribution in [-0.2, 0) is 9.53 Å². The van der Waals surface area contributed by atoms with E-state index in [1.54, 1.807) is 21.0 Å². The molecule has 4 aliphatic carbocycles. The zero-order valence-corrected chi connectivity index (χ0v) is 24.2. The highest BCUT2D eigenvalue weighted by molar-refractivity contribution is 5.71. The molecule has 9 atom stereocenters. The summed E-state index contributed by atoms with van der Waals surface area (Å²) in [7, 11) is 1.55. The number of allylic oxidation sites excluding steroid dienone is 4. The summed E-state index contributed by atoms with van der Waals surface area (Å²) in [5, 5.41) is 43.4. The molecule has 6 heteroatoms. The van der Waals surface area contributed by atoms with Crippen LogP contribution in [-0.4, -0.2) is 57.4 Å². The Bertz CT molecular complexity index is 980. The second-order valence-corrected chi connectivity index (χ2v) is 14.4. The Labute approximate surface area is 223 Å². The summed E-state index contributed by atoms with van der Waals surface area (Å²) < 4.78 is 5.42. The number of aliphatic carboxylic acids is 1. The van der Waals surface area contributed by atoms with Gasteiger partial charge in [0.25, 0.3) is 0 Å². The average molecular weight is 519 g/mol. The molecule has 0 aliphatic heterocycles. The van der Waals surface area contributed by atoms with Gasteiger partial charge in [-0.15, -0.1) is 0 Å². The van der Waals surface area contributed by atoms with Crippen LogP contribution in [0.2, 0.25) is 0 Å². The Morgan fingerprint density at radius 3 is 2.35 bits per heavy atom. The van der Waals surface area contributed by atoms with Crippen LogP contribution in [0.5, 0.6) is 0 Å². The van der Waals surface area contributed by atoms with Crippen molar-refractivity contribution in [3.8, 4) is 0 Å². The predicted molar refractivity (Wildman–Crippen MR) is 144 cm³/mol. The molecule has 0 saturated heterocycles. The lowest BCUT2D eigenvalue weighted by Gasteiger charge is -2.61. The van der Waals surface area contributed by atoms with Gasteiger partial charge in [-0.25, -0.2) is 0 Å². The molecule has 0 aromatic rings. The third-order valence-electron chi connectivity index (χ3n) is 12.1. The van der Waals surface area contributed by atoms with Gasteiger partial charge in [-0.05, 0) is 92.1 Å². The number of ether oxygens (including phenoxy) is 1. The van der Waals surface area contributed by atoms with E-state index in [-0.39, 0.29) is 28.8 Å². The zero-order valence-electron chi connectivity index (χ0n) is 24.2. The van der Waals surface area contributed by atoms with Crippen LogP contribution in [0.4, 0.5) is 0 Å². The second kappa shape index (κ2) is 9.18. The summed E-state index contributed by atoms with van der Waals surface area (Å²) in [4.78, 5) is 12.6. The summed E-state index contributed by atoms with van der Waals surface area (Å²) in [5.41, 5.74) is 0.910. The molecule has 2 fully saturated rings. The molecule has 0 spiro atoms. The molecule has 0 bridgehead atoms. The van der Waals surface area contributed by atoms with Gasteiger partial charge in [0.1, 0.15) is 0 Å². The minimum absolute atomic E-state index is 0.0394. The van der Waals surface area contributed by atoms with E-state index < -0.39 is 41.0 Å². The molecule has 210 valence electrons. The van der Waals surface area contributed by atoms with Crippen molar-refractivity contribution in [2.45, 2.75) is 117 Å². The summed E-state index contributed by atoms with van der Waals surface area (Å²) in [5.74, 6) is -1.73. The molecule has 2 saturated carbocycles. The quantitative estimate of drug-likeness (QED) is 0.373. The van der Waals surface area contributed by atoms with Crippen molar-refractivity contribution in [3.63, 3.8) is 0 Å². The van der Waals surface area contributed by atoms with Gasteiger partial charge in [-0.1, -0.05) is 46.8 Å². The van der Waals surface area contributed by atoms with Crippen molar-refractivity contribution in [2.24, 2.45) is 39.4 Å². The summed E-state index contributed by atoms with van der Waals surface area (Å²) in [6, 6.07) is 0. The maximum Gasteiger partial charge on any atom is 0.306 e. The molecule has 4 N–H and O–H groups in total. The first-order valence-corrected chi connectivity index (χ1v) is 14.2. The van der Waals surface area contributed by atoms with Gasteiger partial charge >= 0.3 is 5.97 Å². The van der Waals surface area contributed by atoms with E-state index >= 15 is 0 Å². The van der Waals surface area contributed by atoms with Crippen LogP contribution in [0.3, 0.4) is 0 Å². The van der Waals surface area contributed by atoms with Gasteiger partial charge < -0.3 is 25.2 Å². The predicted octanol–water partition coefficient (Wildman–Crippen LogP) is 5.11. The Hall–Kier alpha value is -1.21. The molecule has 0 heterocycles. The number of aliphatic hydroxyl groups is 3. The van der Waals surface area contributed by atoms with Crippen LogP contribution >= 0.6 is 0 Å². The minimum atomic E-state index is -0.903. The van der Waals surface area contributed by atoms with Gasteiger partial charge in [0.05, 0.1) is 29.8 Å². The maximum absolute atomic E-state index is 12.6. The molecular formula is C31H50O6. The Kier molecular flexibility index (Phi) is 7.14. The Balaban J connectivity index is 1.69. The van der Waals surface area contributed by atoms with E-state index in [1.165, 1.54) is 11.1 Å². The van der Waals surface area contributed by atoms with E-state index in [0.717, 1.165) is 25.7 Å². The smallest absolute Gasteiger partial charge is 0.306 e. The lowest BCUT2D eigenvalue weighted by molar-refractivity contribution is -0.149. The number of aliphatic hydroxyl groups excluding tert-OH is 3. The van der Waals surface area contributed by atoms with Crippen LogP contribution in [0.25, 0.3) is 0 Å². The number of carbonyl (C=O) groups is 1. The van der Waals surface area contributed by atoms with E-state index in [1.807, 2.05) is 0 Å². The first kappa shape index (κ1) is 28.8. The van der Waals surface area contributed by atoms with E-state index in [4.69, 9.17) is 4.74 Å². The fourth-order valence-corrected chi connectivity index (χ4v) is 9.10.